The van der Waals surface area contributed by atoms with Gasteiger partial charge in [0, 0.05) is 29.7 Å². The largest absolute Gasteiger partial charge is 0.260 e. The molecule has 4 heteroatoms. The molecular weight excluding hydrogens is 296 g/mol. The van der Waals surface area contributed by atoms with Gasteiger partial charge in [-0.3, -0.25) is 4.68 Å². The minimum absolute atomic E-state index is 0.752. The lowest BCUT2D eigenvalue weighted by atomic mass is 10.0. The van der Waals surface area contributed by atoms with Crippen molar-refractivity contribution in [3.63, 3.8) is 0 Å². The fourth-order valence-corrected chi connectivity index (χ4v) is 2.77. The monoisotopic (exact) mass is 312 g/mol. The van der Waals surface area contributed by atoms with Crippen molar-refractivity contribution in [2.75, 3.05) is 0 Å². The summed E-state index contributed by atoms with van der Waals surface area (Å²) in [5, 5.41) is 4.48. The summed E-state index contributed by atoms with van der Waals surface area (Å²) in [5.41, 5.74) is 5.56. The molecule has 0 saturated heterocycles. The average Bonchev–Trinajstić information content (AvgIpc) is 3.12. The van der Waals surface area contributed by atoms with Crippen LogP contribution in [0.2, 0.25) is 0 Å². The summed E-state index contributed by atoms with van der Waals surface area (Å²) < 4.78 is 2.02. The molecule has 0 unspecified atom stereocenters. The second-order valence-corrected chi connectivity index (χ2v) is 5.57. The Labute approximate surface area is 140 Å². The summed E-state index contributed by atoms with van der Waals surface area (Å²) in [7, 11) is 0. The molecule has 4 nitrogen and oxygen atoms in total. The van der Waals surface area contributed by atoms with Gasteiger partial charge in [0.05, 0.1) is 12.2 Å². The quantitative estimate of drug-likeness (QED) is 0.571. The van der Waals surface area contributed by atoms with Crippen molar-refractivity contribution in [3.05, 3.63) is 91.1 Å². The molecule has 0 spiro atoms. The zero-order valence-corrected chi connectivity index (χ0v) is 13.1. The number of hydrogen-bond acceptors (Lipinski definition) is 3. The lowest BCUT2D eigenvalue weighted by Crippen LogP contribution is -2.03. The zero-order chi connectivity index (χ0) is 16.2. The molecular formula is C20H16N4. The van der Waals surface area contributed by atoms with Gasteiger partial charge in [0.2, 0.25) is 0 Å². The molecule has 0 aliphatic carbocycles. The van der Waals surface area contributed by atoms with Gasteiger partial charge in [-0.15, -0.1) is 0 Å². The van der Waals surface area contributed by atoms with Crippen LogP contribution in [0.5, 0.6) is 0 Å². The van der Waals surface area contributed by atoms with Crippen LogP contribution in [0, 0.1) is 0 Å². The fourth-order valence-electron chi connectivity index (χ4n) is 2.77. The first-order chi connectivity index (χ1) is 11.9. The number of benzene rings is 2. The van der Waals surface area contributed by atoms with Gasteiger partial charge in [-0.2, -0.15) is 5.10 Å². The van der Waals surface area contributed by atoms with Gasteiger partial charge in [-0.1, -0.05) is 48.5 Å². The number of aromatic nitrogens is 4. The molecule has 2 aromatic heterocycles. The molecule has 2 aromatic carbocycles. The molecule has 2 heterocycles. The van der Waals surface area contributed by atoms with Crippen LogP contribution in [0.15, 0.2) is 85.6 Å². The van der Waals surface area contributed by atoms with E-state index >= 15 is 0 Å². The van der Waals surface area contributed by atoms with Crippen LogP contribution < -0.4 is 0 Å². The van der Waals surface area contributed by atoms with E-state index in [-0.39, 0.29) is 0 Å². The lowest BCUT2D eigenvalue weighted by Gasteiger charge is -2.09. The van der Waals surface area contributed by atoms with Crippen molar-refractivity contribution >= 4 is 0 Å². The predicted octanol–water partition coefficient (Wildman–Crippen LogP) is 4.06. The van der Waals surface area contributed by atoms with Crippen LogP contribution in [-0.4, -0.2) is 19.7 Å². The number of nitrogens with zero attached hydrogens (tertiary/aromatic N) is 4. The summed E-state index contributed by atoms with van der Waals surface area (Å²) in [6, 6.07) is 20.8. The molecule has 4 rings (SSSR count). The summed E-state index contributed by atoms with van der Waals surface area (Å²) >= 11 is 0. The minimum atomic E-state index is 0.752. The van der Waals surface area contributed by atoms with Crippen LogP contribution in [0.3, 0.4) is 0 Å². The molecule has 0 aliphatic heterocycles. The van der Waals surface area contributed by atoms with E-state index in [4.69, 9.17) is 0 Å². The highest BCUT2D eigenvalue weighted by atomic mass is 15.3. The van der Waals surface area contributed by atoms with Gasteiger partial charge in [0.1, 0.15) is 6.33 Å². The molecule has 0 N–H and O–H groups in total. The maximum absolute atomic E-state index is 4.48. The molecule has 24 heavy (non-hydrogen) atoms. The first-order valence-corrected chi connectivity index (χ1v) is 7.82. The van der Waals surface area contributed by atoms with Gasteiger partial charge in [-0.05, 0) is 23.3 Å². The Bertz CT molecular complexity index is 930. The third-order valence-corrected chi connectivity index (χ3v) is 3.94. The van der Waals surface area contributed by atoms with Gasteiger partial charge in [-0.25, -0.2) is 9.97 Å². The zero-order valence-electron chi connectivity index (χ0n) is 13.1. The highest BCUT2D eigenvalue weighted by Crippen LogP contribution is 2.25. The smallest absolute Gasteiger partial charge is 0.115 e. The van der Waals surface area contributed by atoms with Crippen molar-refractivity contribution in [2.45, 2.75) is 6.54 Å². The van der Waals surface area contributed by atoms with Gasteiger partial charge < -0.3 is 0 Å². The van der Waals surface area contributed by atoms with Crippen LogP contribution in [0.4, 0.5) is 0 Å². The molecule has 4 aromatic rings. The van der Waals surface area contributed by atoms with E-state index in [1.165, 1.54) is 5.56 Å². The second-order valence-electron chi connectivity index (χ2n) is 5.57. The Hall–Kier alpha value is -3.27. The van der Waals surface area contributed by atoms with Gasteiger partial charge in [0.15, 0.2) is 0 Å². The Morgan fingerprint density at radius 2 is 1.54 bits per heavy atom. The maximum Gasteiger partial charge on any atom is 0.115 e. The van der Waals surface area contributed by atoms with E-state index in [1.807, 2.05) is 35.4 Å². The molecule has 0 radical (unpaired) electrons. The molecule has 0 atom stereocenters. The third kappa shape index (κ3) is 2.94. The molecule has 0 fully saturated rings. The van der Waals surface area contributed by atoms with E-state index in [0.29, 0.717) is 0 Å². The Balaban J connectivity index is 1.69. The van der Waals surface area contributed by atoms with Crippen molar-refractivity contribution in [3.8, 4) is 22.4 Å². The lowest BCUT2D eigenvalue weighted by molar-refractivity contribution is 0.694. The summed E-state index contributed by atoms with van der Waals surface area (Å²) in [5.74, 6) is 0. The number of hydrogen-bond donors (Lipinski definition) is 0. The standard InChI is InChI=1S/C20H16N4/c1-2-5-16(6-3-1)14-24-20(9-10-23-24)18-8-4-7-17(11-18)19-12-21-15-22-13-19/h1-13,15H,14H2. The van der Waals surface area contributed by atoms with Crippen molar-refractivity contribution in [1.29, 1.82) is 0 Å². The van der Waals surface area contributed by atoms with E-state index in [0.717, 1.165) is 28.9 Å². The molecule has 0 amide bonds. The molecule has 0 bridgehead atoms. The normalized spacial score (nSPS) is 10.7. The third-order valence-electron chi connectivity index (χ3n) is 3.94. The maximum atomic E-state index is 4.48. The minimum Gasteiger partial charge on any atom is -0.260 e. The highest BCUT2D eigenvalue weighted by molar-refractivity contribution is 5.70. The van der Waals surface area contributed by atoms with Crippen molar-refractivity contribution in [1.82, 2.24) is 19.7 Å². The molecule has 0 aliphatic rings. The molecule has 116 valence electrons. The van der Waals surface area contributed by atoms with Crippen molar-refractivity contribution in [2.24, 2.45) is 0 Å². The van der Waals surface area contributed by atoms with E-state index < -0.39 is 0 Å². The topological polar surface area (TPSA) is 43.6 Å². The average molecular weight is 312 g/mol. The summed E-state index contributed by atoms with van der Waals surface area (Å²) in [6.45, 7) is 0.752. The Kier molecular flexibility index (Phi) is 3.86. The first-order valence-electron chi connectivity index (χ1n) is 7.82. The van der Waals surface area contributed by atoms with Crippen LogP contribution >= 0.6 is 0 Å². The number of rotatable bonds is 4. The molecule has 0 saturated carbocycles. The fraction of sp³-hybridized carbons (Fsp3) is 0.0500. The summed E-state index contributed by atoms with van der Waals surface area (Å²) in [6.07, 6.45) is 7.04. The van der Waals surface area contributed by atoms with Crippen LogP contribution in [0.1, 0.15) is 5.56 Å². The van der Waals surface area contributed by atoms with Crippen molar-refractivity contribution < 1.29 is 0 Å². The summed E-state index contributed by atoms with van der Waals surface area (Å²) in [4.78, 5) is 8.20. The Morgan fingerprint density at radius 3 is 2.38 bits per heavy atom. The van der Waals surface area contributed by atoms with E-state index in [9.17, 15) is 0 Å². The first kappa shape index (κ1) is 14.3. The van der Waals surface area contributed by atoms with Crippen LogP contribution in [0.25, 0.3) is 22.4 Å². The van der Waals surface area contributed by atoms with E-state index in [2.05, 4.69) is 63.6 Å². The van der Waals surface area contributed by atoms with E-state index in [1.54, 1.807) is 6.33 Å². The van der Waals surface area contributed by atoms with Gasteiger partial charge >= 0.3 is 0 Å². The van der Waals surface area contributed by atoms with Crippen LogP contribution in [-0.2, 0) is 6.54 Å². The SMILES string of the molecule is c1ccc(Cn2nccc2-c2cccc(-c3cncnc3)c2)cc1. The Morgan fingerprint density at radius 1 is 0.750 bits per heavy atom. The van der Waals surface area contributed by atoms with Gasteiger partial charge in [0.25, 0.3) is 0 Å². The highest BCUT2D eigenvalue weighted by Gasteiger charge is 2.08. The second kappa shape index (κ2) is 6.46. The predicted molar refractivity (Wildman–Crippen MR) is 94.2 cm³/mol.